The molecule has 0 saturated carbocycles. The molecule has 1 rings (SSSR count). The van der Waals surface area contributed by atoms with Crippen LogP contribution in [-0.2, 0) is 5.60 Å². The quantitative estimate of drug-likeness (QED) is 0.748. The van der Waals surface area contributed by atoms with Crippen molar-refractivity contribution in [2.24, 2.45) is 0 Å². The number of aryl methyl sites for hydroxylation is 1. The summed E-state index contributed by atoms with van der Waals surface area (Å²) in [5.41, 5.74) is 0.266. The van der Waals surface area contributed by atoms with Gasteiger partial charge in [-0.2, -0.15) is 0 Å². The van der Waals surface area contributed by atoms with E-state index in [0.717, 1.165) is 19.5 Å². The zero-order valence-corrected chi connectivity index (χ0v) is 10.9. The van der Waals surface area contributed by atoms with Gasteiger partial charge in [-0.3, -0.25) is 0 Å². The minimum absolute atomic E-state index is 0.260. The smallest absolute Gasteiger partial charge is 0.126 e. The van der Waals surface area contributed by atoms with Crippen LogP contribution in [0.4, 0.5) is 4.39 Å². The second kappa shape index (κ2) is 6.12. The predicted octanol–water partition coefficient (Wildman–Crippen LogP) is 2.73. The Morgan fingerprint density at radius 2 is 2.06 bits per heavy atom. The van der Waals surface area contributed by atoms with E-state index in [9.17, 15) is 9.50 Å². The van der Waals surface area contributed by atoms with E-state index >= 15 is 0 Å². The molecular weight excluding hydrogens is 217 g/mol. The van der Waals surface area contributed by atoms with E-state index in [1.54, 1.807) is 26.0 Å². The van der Waals surface area contributed by atoms with Crippen molar-refractivity contribution < 1.29 is 9.50 Å². The highest BCUT2D eigenvalue weighted by molar-refractivity contribution is 5.27. The first kappa shape index (κ1) is 14.1. The van der Waals surface area contributed by atoms with E-state index in [-0.39, 0.29) is 5.82 Å². The molecule has 96 valence electrons. The molecular formula is C14H22FNO. The Balaban J connectivity index is 2.64. The number of hydrogen-bond acceptors (Lipinski definition) is 2. The molecule has 0 aromatic heterocycles. The standard InChI is InChI=1S/C14H22FNO/c1-4-8-16-9-7-14(3,17)12-6-5-11(2)13(15)10-12/h5-6,10,16-17H,4,7-9H2,1-3H3. The van der Waals surface area contributed by atoms with Crippen LogP contribution in [0.5, 0.6) is 0 Å². The molecule has 2 nitrogen and oxygen atoms in total. The van der Waals surface area contributed by atoms with Crippen molar-refractivity contribution in [1.29, 1.82) is 0 Å². The molecule has 0 fully saturated rings. The maximum Gasteiger partial charge on any atom is 0.126 e. The summed E-state index contributed by atoms with van der Waals surface area (Å²) in [6, 6.07) is 4.92. The summed E-state index contributed by atoms with van der Waals surface area (Å²) >= 11 is 0. The zero-order chi connectivity index (χ0) is 12.9. The first-order valence-corrected chi connectivity index (χ1v) is 6.17. The monoisotopic (exact) mass is 239 g/mol. The van der Waals surface area contributed by atoms with Crippen molar-refractivity contribution in [1.82, 2.24) is 5.32 Å². The molecule has 0 radical (unpaired) electrons. The number of hydrogen-bond donors (Lipinski definition) is 2. The lowest BCUT2D eigenvalue weighted by atomic mass is 9.91. The fraction of sp³-hybridized carbons (Fsp3) is 0.571. The van der Waals surface area contributed by atoms with Crippen molar-refractivity contribution in [2.75, 3.05) is 13.1 Å². The van der Waals surface area contributed by atoms with Crippen LogP contribution < -0.4 is 5.32 Å². The van der Waals surface area contributed by atoms with Gasteiger partial charge in [-0.1, -0.05) is 19.1 Å². The average Bonchev–Trinajstić information content (AvgIpc) is 2.28. The summed E-state index contributed by atoms with van der Waals surface area (Å²) in [5.74, 6) is -0.260. The van der Waals surface area contributed by atoms with E-state index < -0.39 is 5.60 Å². The molecule has 2 N–H and O–H groups in total. The highest BCUT2D eigenvalue weighted by Crippen LogP contribution is 2.25. The maximum absolute atomic E-state index is 13.4. The van der Waals surface area contributed by atoms with Crippen molar-refractivity contribution in [3.8, 4) is 0 Å². The van der Waals surface area contributed by atoms with Gasteiger partial charge in [0.2, 0.25) is 0 Å². The van der Waals surface area contributed by atoms with Crippen LogP contribution in [0.15, 0.2) is 18.2 Å². The third-order valence-corrected chi connectivity index (χ3v) is 3.01. The highest BCUT2D eigenvalue weighted by atomic mass is 19.1. The molecule has 0 bridgehead atoms. The molecule has 1 aromatic carbocycles. The van der Waals surface area contributed by atoms with Crippen LogP contribution in [0.3, 0.4) is 0 Å². The molecule has 0 amide bonds. The first-order valence-electron chi connectivity index (χ1n) is 6.17. The van der Waals surface area contributed by atoms with Crippen LogP contribution in [0, 0.1) is 12.7 Å². The molecule has 0 aliphatic carbocycles. The molecule has 0 spiro atoms. The molecule has 0 saturated heterocycles. The Kier molecular flexibility index (Phi) is 5.09. The lowest BCUT2D eigenvalue weighted by Crippen LogP contribution is -2.28. The first-order chi connectivity index (χ1) is 7.97. The van der Waals surface area contributed by atoms with Gasteiger partial charge in [0.05, 0.1) is 5.60 Å². The van der Waals surface area contributed by atoms with Gasteiger partial charge < -0.3 is 10.4 Å². The number of rotatable bonds is 6. The molecule has 0 aliphatic heterocycles. The zero-order valence-electron chi connectivity index (χ0n) is 10.9. The number of benzene rings is 1. The molecule has 3 heteroatoms. The summed E-state index contributed by atoms with van der Waals surface area (Å²) in [6.07, 6.45) is 1.65. The fourth-order valence-electron chi connectivity index (χ4n) is 1.71. The topological polar surface area (TPSA) is 32.3 Å². The third kappa shape index (κ3) is 4.10. The molecule has 0 aliphatic rings. The van der Waals surface area contributed by atoms with Gasteiger partial charge >= 0.3 is 0 Å². The number of aliphatic hydroxyl groups is 1. The Morgan fingerprint density at radius 3 is 2.65 bits per heavy atom. The van der Waals surface area contributed by atoms with Gasteiger partial charge in [0.25, 0.3) is 0 Å². The van der Waals surface area contributed by atoms with Crippen LogP contribution >= 0.6 is 0 Å². The Bertz CT molecular complexity index is 363. The molecule has 17 heavy (non-hydrogen) atoms. The number of nitrogens with one attached hydrogen (secondary N) is 1. The van der Waals surface area contributed by atoms with Gasteiger partial charge in [-0.15, -0.1) is 0 Å². The van der Waals surface area contributed by atoms with Gasteiger partial charge in [0.1, 0.15) is 5.82 Å². The number of halogens is 1. The Labute approximate surface area is 103 Å². The summed E-state index contributed by atoms with van der Waals surface area (Å²) in [5, 5.41) is 13.5. The summed E-state index contributed by atoms with van der Waals surface area (Å²) in [6.45, 7) is 7.22. The normalized spacial score (nSPS) is 14.6. The predicted molar refractivity (Wildman–Crippen MR) is 68.5 cm³/mol. The van der Waals surface area contributed by atoms with E-state index in [1.807, 2.05) is 0 Å². The second-order valence-corrected chi connectivity index (χ2v) is 4.74. The average molecular weight is 239 g/mol. The van der Waals surface area contributed by atoms with Gasteiger partial charge in [-0.05, 0) is 57.0 Å². The van der Waals surface area contributed by atoms with Gasteiger partial charge in [0.15, 0.2) is 0 Å². The van der Waals surface area contributed by atoms with Crippen molar-refractivity contribution in [3.63, 3.8) is 0 Å². The Morgan fingerprint density at radius 1 is 1.35 bits per heavy atom. The van der Waals surface area contributed by atoms with E-state index in [2.05, 4.69) is 12.2 Å². The van der Waals surface area contributed by atoms with Crippen LogP contribution in [0.25, 0.3) is 0 Å². The van der Waals surface area contributed by atoms with Crippen molar-refractivity contribution >= 4 is 0 Å². The van der Waals surface area contributed by atoms with Crippen molar-refractivity contribution in [3.05, 3.63) is 35.1 Å². The summed E-state index contributed by atoms with van der Waals surface area (Å²) in [4.78, 5) is 0. The lowest BCUT2D eigenvalue weighted by molar-refractivity contribution is 0.0477. The van der Waals surface area contributed by atoms with Crippen LogP contribution in [0.2, 0.25) is 0 Å². The highest BCUT2D eigenvalue weighted by Gasteiger charge is 2.23. The van der Waals surface area contributed by atoms with Gasteiger partial charge in [0, 0.05) is 0 Å². The molecule has 1 unspecified atom stereocenters. The van der Waals surface area contributed by atoms with Gasteiger partial charge in [-0.25, -0.2) is 4.39 Å². The SMILES string of the molecule is CCCNCCC(C)(O)c1ccc(C)c(F)c1. The fourth-order valence-corrected chi connectivity index (χ4v) is 1.71. The minimum Gasteiger partial charge on any atom is -0.385 e. The molecule has 1 aromatic rings. The van der Waals surface area contributed by atoms with E-state index in [1.165, 1.54) is 6.07 Å². The van der Waals surface area contributed by atoms with Crippen molar-refractivity contribution in [2.45, 2.75) is 39.2 Å². The molecule has 1 atom stereocenters. The Hall–Kier alpha value is -0.930. The van der Waals surface area contributed by atoms with Crippen LogP contribution in [-0.4, -0.2) is 18.2 Å². The summed E-state index contributed by atoms with van der Waals surface area (Å²) < 4.78 is 13.4. The maximum atomic E-state index is 13.4. The largest absolute Gasteiger partial charge is 0.385 e. The lowest BCUT2D eigenvalue weighted by Gasteiger charge is -2.24. The van der Waals surface area contributed by atoms with E-state index in [0.29, 0.717) is 17.5 Å². The van der Waals surface area contributed by atoms with E-state index in [4.69, 9.17) is 0 Å². The second-order valence-electron chi connectivity index (χ2n) is 4.74. The summed E-state index contributed by atoms with van der Waals surface area (Å²) in [7, 11) is 0. The molecule has 0 heterocycles. The minimum atomic E-state index is -0.977. The third-order valence-electron chi connectivity index (χ3n) is 3.01. The van der Waals surface area contributed by atoms with Crippen LogP contribution in [0.1, 0.15) is 37.8 Å².